The van der Waals surface area contributed by atoms with E-state index in [1.807, 2.05) is 13.0 Å². The first-order valence-electron chi connectivity index (χ1n) is 7.37. The third-order valence-corrected chi connectivity index (χ3v) is 4.15. The third-order valence-electron chi connectivity index (χ3n) is 4.15. The average Bonchev–Trinajstić information content (AvgIpc) is 3.20. The van der Waals surface area contributed by atoms with Gasteiger partial charge >= 0.3 is 0 Å². The number of piperidine rings is 1. The largest absolute Gasteiger partial charge is 0.359 e. The molecular weight excluding hydrogens is 252 g/mol. The monoisotopic (exact) mass is 274 g/mol. The van der Waals surface area contributed by atoms with Crippen LogP contribution in [0, 0.1) is 0 Å². The average molecular weight is 274 g/mol. The van der Waals surface area contributed by atoms with Crippen molar-refractivity contribution in [2.24, 2.45) is 0 Å². The van der Waals surface area contributed by atoms with Gasteiger partial charge in [0, 0.05) is 19.1 Å². The summed E-state index contributed by atoms with van der Waals surface area (Å²) in [7, 11) is 0. The maximum Gasteiger partial charge on any atom is 0.254 e. The molecule has 4 heteroatoms. The molecule has 0 radical (unpaired) electrons. The smallest absolute Gasteiger partial charge is 0.254 e. The van der Waals surface area contributed by atoms with E-state index in [1.165, 1.54) is 5.56 Å². The van der Waals surface area contributed by atoms with E-state index in [-0.39, 0.29) is 11.9 Å². The molecule has 0 aliphatic carbocycles. The molecule has 1 N–H and O–H groups in total. The molecule has 0 spiro atoms. The molecule has 3 rings (SSSR count). The van der Waals surface area contributed by atoms with Crippen molar-refractivity contribution in [3.05, 3.63) is 35.9 Å². The molecular formula is C16H22N2O2. The highest BCUT2D eigenvalue weighted by Crippen LogP contribution is 2.26. The second-order valence-electron chi connectivity index (χ2n) is 6.05. The first-order valence-corrected chi connectivity index (χ1v) is 7.37. The van der Waals surface area contributed by atoms with Gasteiger partial charge in [-0.15, -0.1) is 0 Å². The highest BCUT2D eigenvalue weighted by molar-refractivity contribution is 5.87. The summed E-state index contributed by atoms with van der Waals surface area (Å²) < 4.78 is 5.20. The lowest BCUT2D eigenvalue weighted by Gasteiger charge is -2.33. The van der Waals surface area contributed by atoms with Gasteiger partial charge < -0.3 is 10.1 Å². The van der Waals surface area contributed by atoms with Crippen molar-refractivity contribution in [2.75, 3.05) is 19.7 Å². The number of benzene rings is 1. The summed E-state index contributed by atoms with van der Waals surface area (Å²) in [6.07, 6.45) is 2.20. The van der Waals surface area contributed by atoms with Gasteiger partial charge in [0.15, 0.2) is 5.60 Å². The van der Waals surface area contributed by atoms with Gasteiger partial charge in [-0.3, -0.25) is 9.69 Å². The number of amides is 1. The van der Waals surface area contributed by atoms with E-state index in [1.54, 1.807) is 0 Å². The lowest BCUT2D eigenvalue weighted by Crippen LogP contribution is -2.50. The normalized spacial score (nSPS) is 29.9. The molecule has 4 nitrogen and oxygen atoms in total. The van der Waals surface area contributed by atoms with E-state index >= 15 is 0 Å². The zero-order chi connectivity index (χ0) is 14.0. The first-order chi connectivity index (χ1) is 9.66. The van der Waals surface area contributed by atoms with Gasteiger partial charge in [-0.2, -0.15) is 0 Å². The van der Waals surface area contributed by atoms with Crippen molar-refractivity contribution in [1.29, 1.82) is 0 Å². The number of nitrogens with one attached hydrogen (secondary N) is 1. The number of carbonyl (C=O) groups is 1. The highest BCUT2D eigenvalue weighted by Gasteiger charge is 2.47. The fourth-order valence-electron chi connectivity index (χ4n) is 2.74. The van der Waals surface area contributed by atoms with Crippen LogP contribution in [0.1, 0.15) is 25.3 Å². The summed E-state index contributed by atoms with van der Waals surface area (Å²) in [5, 5.41) is 3.13. The Morgan fingerprint density at radius 2 is 2.20 bits per heavy atom. The van der Waals surface area contributed by atoms with Crippen molar-refractivity contribution < 1.29 is 9.53 Å². The van der Waals surface area contributed by atoms with Gasteiger partial charge in [0.05, 0.1) is 6.61 Å². The summed E-state index contributed by atoms with van der Waals surface area (Å²) in [6, 6.07) is 10.7. The van der Waals surface area contributed by atoms with Crippen molar-refractivity contribution in [2.45, 2.75) is 38.0 Å². The van der Waals surface area contributed by atoms with Gasteiger partial charge in [0.2, 0.25) is 0 Å². The number of likely N-dealkylation sites (tertiary alicyclic amines) is 1. The Balaban J connectivity index is 1.52. The zero-order valence-corrected chi connectivity index (χ0v) is 12.0. The molecule has 108 valence electrons. The second-order valence-corrected chi connectivity index (χ2v) is 6.05. The van der Waals surface area contributed by atoms with Crippen LogP contribution in [0.5, 0.6) is 0 Å². The lowest BCUT2D eigenvalue weighted by molar-refractivity contribution is -0.126. The van der Waals surface area contributed by atoms with E-state index in [0.717, 1.165) is 32.5 Å². The van der Waals surface area contributed by atoms with Crippen LogP contribution in [0.15, 0.2) is 30.3 Å². The minimum atomic E-state index is -0.554. The van der Waals surface area contributed by atoms with Crippen LogP contribution in [0.4, 0.5) is 0 Å². The van der Waals surface area contributed by atoms with Crippen LogP contribution < -0.4 is 5.32 Å². The predicted octanol–water partition coefficient (Wildman–Crippen LogP) is 1.56. The Hall–Kier alpha value is -1.39. The van der Waals surface area contributed by atoms with Crippen molar-refractivity contribution >= 4 is 5.91 Å². The molecule has 2 atom stereocenters. The van der Waals surface area contributed by atoms with E-state index in [0.29, 0.717) is 6.61 Å². The number of rotatable bonds is 4. The second kappa shape index (κ2) is 5.54. The number of hydrogen-bond acceptors (Lipinski definition) is 3. The minimum Gasteiger partial charge on any atom is -0.359 e. The Labute approximate surface area is 120 Å². The zero-order valence-electron chi connectivity index (χ0n) is 12.0. The number of epoxide rings is 1. The standard InChI is InChI=1S/C16H22N2O2/c1-16(12-20-16)15(19)17-14-8-5-9-18(11-14)10-13-6-3-2-4-7-13/h2-4,6-7,14H,5,8-12H2,1H3,(H,17,19). The first kappa shape index (κ1) is 13.6. The Kier molecular flexibility index (Phi) is 3.76. The van der Waals surface area contributed by atoms with Crippen molar-refractivity contribution in [3.63, 3.8) is 0 Å². The number of hydrogen-bond donors (Lipinski definition) is 1. The van der Waals surface area contributed by atoms with Crippen LogP contribution in [-0.2, 0) is 16.1 Å². The predicted molar refractivity (Wildman–Crippen MR) is 77.2 cm³/mol. The minimum absolute atomic E-state index is 0.0454. The molecule has 1 amide bonds. The lowest BCUT2D eigenvalue weighted by atomic mass is 10.0. The molecule has 2 unspecified atom stereocenters. The molecule has 2 saturated heterocycles. The van der Waals surface area contributed by atoms with Gasteiger partial charge in [-0.1, -0.05) is 30.3 Å². The molecule has 0 bridgehead atoms. The SMILES string of the molecule is CC1(C(=O)NC2CCCN(Cc3ccccc3)C2)CO1. The van der Waals surface area contributed by atoms with Crippen molar-refractivity contribution in [1.82, 2.24) is 10.2 Å². The van der Waals surface area contributed by atoms with E-state index in [9.17, 15) is 4.79 Å². The van der Waals surface area contributed by atoms with Gasteiger partial charge in [-0.25, -0.2) is 0 Å². The molecule has 0 saturated carbocycles. The Morgan fingerprint density at radius 1 is 1.45 bits per heavy atom. The van der Waals surface area contributed by atoms with E-state index in [2.05, 4.69) is 34.5 Å². The summed E-state index contributed by atoms with van der Waals surface area (Å²) in [4.78, 5) is 14.4. The number of ether oxygens (including phenoxy) is 1. The fourth-order valence-corrected chi connectivity index (χ4v) is 2.74. The summed E-state index contributed by atoms with van der Waals surface area (Å²) in [5.41, 5.74) is 0.777. The molecule has 2 fully saturated rings. The van der Waals surface area contributed by atoms with Gasteiger partial charge in [0.1, 0.15) is 0 Å². The maximum absolute atomic E-state index is 12.0. The molecule has 2 heterocycles. The Bertz CT molecular complexity index is 471. The third kappa shape index (κ3) is 3.19. The van der Waals surface area contributed by atoms with E-state index < -0.39 is 5.60 Å². The summed E-state index contributed by atoms with van der Waals surface area (Å²) in [5.74, 6) is 0.0454. The molecule has 0 aromatic heterocycles. The van der Waals surface area contributed by atoms with Crippen LogP contribution in [0.25, 0.3) is 0 Å². The van der Waals surface area contributed by atoms with Crippen LogP contribution in [0.2, 0.25) is 0 Å². The van der Waals surface area contributed by atoms with Gasteiger partial charge in [-0.05, 0) is 31.9 Å². The molecule has 1 aromatic rings. The molecule has 1 aromatic carbocycles. The van der Waals surface area contributed by atoms with E-state index in [4.69, 9.17) is 4.74 Å². The van der Waals surface area contributed by atoms with Crippen LogP contribution >= 0.6 is 0 Å². The van der Waals surface area contributed by atoms with Gasteiger partial charge in [0.25, 0.3) is 5.91 Å². The summed E-state index contributed by atoms with van der Waals surface area (Å²) in [6.45, 7) is 5.40. The van der Waals surface area contributed by atoms with Crippen molar-refractivity contribution in [3.8, 4) is 0 Å². The topological polar surface area (TPSA) is 44.9 Å². The quantitative estimate of drug-likeness (QED) is 0.847. The molecule has 20 heavy (non-hydrogen) atoms. The maximum atomic E-state index is 12.0. The number of carbonyl (C=O) groups excluding carboxylic acids is 1. The fraction of sp³-hybridized carbons (Fsp3) is 0.562. The number of nitrogens with zero attached hydrogens (tertiary/aromatic N) is 1. The highest BCUT2D eigenvalue weighted by atomic mass is 16.6. The Morgan fingerprint density at radius 3 is 2.90 bits per heavy atom. The molecule has 2 aliphatic rings. The molecule has 2 aliphatic heterocycles. The summed E-state index contributed by atoms with van der Waals surface area (Å²) >= 11 is 0. The van der Waals surface area contributed by atoms with Crippen LogP contribution in [-0.4, -0.2) is 42.1 Å². The van der Waals surface area contributed by atoms with Crippen LogP contribution in [0.3, 0.4) is 0 Å².